The molecule has 0 aliphatic carbocycles. The number of rotatable bonds is 18. The Bertz CT molecular complexity index is 1530. The van der Waals surface area contributed by atoms with Crippen LogP contribution in [0, 0.1) is 18.3 Å². The molecule has 0 spiro atoms. The van der Waals surface area contributed by atoms with Crippen molar-refractivity contribution in [2.24, 2.45) is 11.0 Å². The number of benzene rings is 3. The number of nitrogens with one attached hydrogen (secondary N) is 1. The third kappa shape index (κ3) is 12.1. The SMILES string of the molecule is C#CCOC(=O)[C@H](CC(C)C)NC(=O)CC1O[C@H](CN=[N+]=[N-])[C@@H](OCc2ccccc2)[C@H](OCc2ccccc2)[C@H]1OCc1ccccc1. The maximum atomic E-state index is 13.7. The largest absolute Gasteiger partial charge is 0.451 e. The van der Waals surface area contributed by atoms with Crippen LogP contribution in [0.5, 0.6) is 0 Å². The maximum Gasteiger partial charge on any atom is 0.329 e. The topological polar surface area (TPSA) is 141 Å². The summed E-state index contributed by atoms with van der Waals surface area (Å²) >= 11 is 0. The summed E-state index contributed by atoms with van der Waals surface area (Å²) in [7, 11) is 0. The van der Waals surface area contributed by atoms with Crippen molar-refractivity contribution in [3.05, 3.63) is 118 Å². The Labute approximate surface area is 287 Å². The number of hydrogen-bond donors (Lipinski definition) is 1. The van der Waals surface area contributed by atoms with Crippen molar-refractivity contribution in [2.45, 2.75) is 83.1 Å². The Balaban J connectivity index is 1.66. The molecule has 3 aromatic carbocycles. The first-order valence-electron chi connectivity index (χ1n) is 16.4. The van der Waals surface area contributed by atoms with Gasteiger partial charge in [-0.05, 0) is 34.6 Å². The van der Waals surface area contributed by atoms with Gasteiger partial charge in [-0.25, -0.2) is 4.79 Å². The lowest BCUT2D eigenvalue weighted by atomic mass is 9.91. The number of ether oxygens (including phenoxy) is 5. The molecule has 6 atom stereocenters. The van der Waals surface area contributed by atoms with Gasteiger partial charge in [-0.3, -0.25) is 4.79 Å². The van der Waals surface area contributed by atoms with Crippen LogP contribution >= 0.6 is 0 Å². The molecule has 49 heavy (non-hydrogen) atoms. The molecule has 3 aromatic rings. The molecular formula is C38H44N4O7. The van der Waals surface area contributed by atoms with E-state index in [4.69, 9.17) is 30.1 Å². The third-order valence-electron chi connectivity index (χ3n) is 7.92. The number of terminal acetylenes is 1. The molecule has 0 radical (unpaired) electrons. The highest BCUT2D eigenvalue weighted by molar-refractivity contribution is 5.84. The van der Waals surface area contributed by atoms with Gasteiger partial charge >= 0.3 is 5.97 Å². The molecule has 11 heteroatoms. The van der Waals surface area contributed by atoms with Crippen molar-refractivity contribution in [1.82, 2.24) is 5.32 Å². The van der Waals surface area contributed by atoms with Gasteiger partial charge in [0.1, 0.15) is 24.4 Å². The molecule has 1 amide bonds. The molecule has 4 rings (SSSR count). The number of amides is 1. The number of azide groups is 1. The zero-order chi connectivity index (χ0) is 34.8. The van der Waals surface area contributed by atoms with Crippen molar-refractivity contribution in [3.63, 3.8) is 0 Å². The lowest BCUT2D eigenvalue weighted by molar-refractivity contribution is -0.262. The Morgan fingerprint density at radius 2 is 1.33 bits per heavy atom. The first-order chi connectivity index (χ1) is 23.9. The lowest BCUT2D eigenvalue weighted by Crippen LogP contribution is -2.61. The minimum Gasteiger partial charge on any atom is -0.451 e. The van der Waals surface area contributed by atoms with Gasteiger partial charge in [0.25, 0.3) is 0 Å². The van der Waals surface area contributed by atoms with Gasteiger partial charge in [-0.15, -0.1) is 6.42 Å². The van der Waals surface area contributed by atoms with Gasteiger partial charge in [-0.2, -0.15) is 0 Å². The summed E-state index contributed by atoms with van der Waals surface area (Å²) in [6.45, 7) is 4.28. The summed E-state index contributed by atoms with van der Waals surface area (Å²) in [6.07, 6.45) is 1.54. The second-order valence-electron chi connectivity index (χ2n) is 12.2. The van der Waals surface area contributed by atoms with Crippen molar-refractivity contribution < 1.29 is 33.3 Å². The predicted octanol–water partition coefficient (Wildman–Crippen LogP) is 5.92. The highest BCUT2D eigenvalue weighted by Gasteiger charge is 2.48. The highest BCUT2D eigenvalue weighted by Crippen LogP contribution is 2.32. The molecule has 0 bridgehead atoms. The molecule has 0 saturated carbocycles. The summed E-state index contributed by atoms with van der Waals surface area (Å²) in [5.74, 6) is 1.31. The molecule has 11 nitrogen and oxygen atoms in total. The fraction of sp³-hybridized carbons (Fsp3) is 0.421. The normalized spacial score (nSPS) is 20.8. The van der Waals surface area contributed by atoms with Gasteiger partial charge < -0.3 is 29.0 Å². The molecule has 1 aliphatic heterocycles. The zero-order valence-corrected chi connectivity index (χ0v) is 27.9. The average Bonchev–Trinajstić information content (AvgIpc) is 3.11. The van der Waals surface area contributed by atoms with Gasteiger partial charge in [-0.1, -0.05) is 116 Å². The van der Waals surface area contributed by atoms with E-state index in [0.29, 0.717) is 6.42 Å². The van der Waals surface area contributed by atoms with Crippen LogP contribution in [0.1, 0.15) is 43.4 Å². The summed E-state index contributed by atoms with van der Waals surface area (Å²) < 4.78 is 31.4. The van der Waals surface area contributed by atoms with E-state index >= 15 is 0 Å². The van der Waals surface area contributed by atoms with Gasteiger partial charge in [0, 0.05) is 4.91 Å². The molecule has 1 saturated heterocycles. The minimum absolute atomic E-state index is 0.0704. The summed E-state index contributed by atoms with van der Waals surface area (Å²) in [5, 5.41) is 6.64. The van der Waals surface area contributed by atoms with Crippen LogP contribution < -0.4 is 5.32 Å². The number of carbonyl (C=O) groups is 2. The lowest BCUT2D eigenvalue weighted by Gasteiger charge is -2.46. The van der Waals surface area contributed by atoms with E-state index in [2.05, 4.69) is 21.3 Å². The van der Waals surface area contributed by atoms with E-state index in [-0.39, 0.29) is 45.3 Å². The van der Waals surface area contributed by atoms with E-state index in [9.17, 15) is 15.1 Å². The molecular weight excluding hydrogens is 624 g/mol. The Morgan fingerprint density at radius 3 is 1.80 bits per heavy atom. The fourth-order valence-corrected chi connectivity index (χ4v) is 5.65. The Kier molecular flexibility index (Phi) is 15.1. The van der Waals surface area contributed by atoms with Crippen molar-refractivity contribution in [2.75, 3.05) is 13.2 Å². The van der Waals surface area contributed by atoms with E-state index in [0.717, 1.165) is 16.7 Å². The molecule has 0 aromatic heterocycles. The van der Waals surface area contributed by atoms with Crippen molar-refractivity contribution in [1.29, 1.82) is 0 Å². The number of nitrogens with zero attached hydrogens (tertiary/aromatic N) is 3. The molecule has 1 N–H and O–H groups in total. The van der Waals surface area contributed by atoms with E-state index < -0.39 is 48.4 Å². The Hall–Kier alpha value is -4.69. The molecule has 1 heterocycles. The minimum atomic E-state index is -0.904. The number of hydrogen-bond acceptors (Lipinski definition) is 8. The zero-order valence-electron chi connectivity index (χ0n) is 27.9. The van der Waals surface area contributed by atoms with Crippen LogP contribution in [0.2, 0.25) is 0 Å². The van der Waals surface area contributed by atoms with Crippen molar-refractivity contribution >= 4 is 11.9 Å². The van der Waals surface area contributed by atoms with Gasteiger partial charge in [0.15, 0.2) is 6.61 Å². The molecule has 1 aliphatic rings. The second kappa shape index (κ2) is 20.0. The van der Waals surface area contributed by atoms with E-state index in [1.165, 1.54) is 0 Å². The van der Waals surface area contributed by atoms with Crippen LogP contribution in [0.4, 0.5) is 0 Å². The summed E-state index contributed by atoms with van der Waals surface area (Å²) in [5.41, 5.74) is 12.0. The average molecular weight is 669 g/mol. The Morgan fingerprint density at radius 1 is 0.837 bits per heavy atom. The smallest absolute Gasteiger partial charge is 0.329 e. The van der Waals surface area contributed by atoms with Gasteiger partial charge in [0.2, 0.25) is 5.91 Å². The fourth-order valence-electron chi connectivity index (χ4n) is 5.65. The quantitative estimate of drug-likeness (QED) is 0.0584. The summed E-state index contributed by atoms with van der Waals surface area (Å²) in [4.78, 5) is 29.4. The van der Waals surface area contributed by atoms with Crippen LogP contribution in [0.15, 0.2) is 96.1 Å². The third-order valence-corrected chi connectivity index (χ3v) is 7.92. The number of carbonyl (C=O) groups excluding carboxylic acids is 2. The van der Waals surface area contributed by atoms with Crippen LogP contribution in [-0.4, -0.2) is 61.6 Å². The predicted molar refractivity (Wildman–Crippen MR) is 184 cm³/mol. The number of esters is 1. The standard InChI is InChI=1S/C38H44N4O7/c1-4-20-45-38(44)31(21-27(2)3)41-34(43)22-32-35(46-24-28-14-8-5-9-15-28)37(48-26-30-18-12-7-13-19-30)36(33(49-32)23-40-42-39)47-25-29-16-10-6-11-17-29/h1,5-19,27,31-33,35-37H,20-26H2,2-3H3,(H,41,43)/t31-,32?,33+,35-,36+,37+/m0/s1. The molecule has 1 fully saturated rings. The van der Waals surface area contributed by atoms with Crippen LogP contribution in [0.3, 0.4) is 0 Å². The first-order valence-corrected chi connectivity index (χ1v) is 16.4. The summed E-state index contributed by atoms with van der Waals surface area (Å²) in [6, 6.07) is 28.1. The second-order valence-corrected chi connectivity index (χ2v) is 12.2. The monoisotopic (exact) mass is 668 g/mol. The van der Waals surface area contributed by atoms with Crippen LogP contribution in [-0.2, 0) is 53.1 Å². The van der Waals surface area contributed by atoms with Crippen LogP contribution in [0.25, 0.3) is 10.4 Å². The molecule has 258 valence electrons. The molecule has 1 unspecified atom stereocenters. The maximum absolute atomic E-state index is 13.7. The van der Waals surface area contributed by atoms with E-state index in [1.807, 2.05) is 105 Å². The first kappa shape index (κ1) is 37.1. The van der Waals surface area contributed by atoms with Crippen molar-refractivity contribution in [3.8, 4) is 12.3 Å². The van der Waals surface area contributed by atoms with E-state index in [1.54, 1.807) is 0 Å². The van der Waals surface area contributed by atoms with Gasteiger partial charge in [0.05, 0.1) is 45.0 Å². The highest BCUT2D eigenvalue weighted by atomic mass is 16.6.